The normalized spacial score (nSPS) is 17.3. The van der Waals surface area contributed by atoms with Crippen LogP contribution in [-0.4, -0.2) is 22.6 Å². The summed E-state index contributed by atoms with van der Waals surface area (Å²) < 4.78 is 5.57. The van der Waals surface area contributed by atoms with Crippen molar-refractivity contribution in [2.45, 2.75) is 12.5 Å². The van der Waals surface area contributed by atoms with Crippen LogP contribution in [0.1, 0.15) is 5.56 Å². The molecule has 0 saturated heterocycles. The largest absolute Gasteiger partial charge is 0.492 e. The first-order chi connectivity index (χ1) is 8.33. The summed E-state index contributed by atoms with van der Waals surface area (Å²) in [6.07, 6.45) is 5.97. The first kappa shape index (κ1) is 12.8. The van der Waals surface area contributed by atoms with Crippen LogP contribution in [0.15, 0.2) is 36.8 Å². The number of nitrogens with two attached hydrogens (primary N) is 1. The highest BCUT2D eigenvalue weighted by Gasteiger charge is 2.17. The van der Waals surface area contributed by atoms with Crippen LogP contribution in [0.4, 0.5) is 0 Å². The lowest BCUT2D eigenvalue weighted by atomic mass is 10.00. The van der Waals surface area contributed by atoms with Crippen molar-refractivity contribution in [3.63, 3.8) is 0 Å². The van der Waals surface area contributed by atoms with Crippen molar-refractivity contribution in [2.75, 3.05) is 6.61 Å². The molecule has 2 heterocycles. The fourth-order valence-electron chi connectivity index (χ4n) is 2.03. The molecule has 1 aromatic carbocycles. The van der Waals surface area contributed by atoms with Gasteiger partial charge in [-0.05, 0) is 30.2 Å². The van der Waals surface area contributed by atoms with Crippen molar-refractivity contribution in [3.05, 3.63) is 42.4 Å². The van der Waals surface area contributed by atoms with Crippen molar-refractivity contribution >= 4 is 12.4 Å². The summed E-state index contributed by atoms with van der Waals surface area (Å²) in [5.74, 6) is 0.930. The standard InChI is InChI=1S/C13H13N3O.ClH/c14-11-6-10-5-9(1-2-13(10)17-8-11)12-7-15-3-4-16-12;/h1-5,7,11H,6,8,14H2;1H. The number of fused-ring (bicyclic) bond motifs is 1. The van der Waals surface area contributed by atoms with E-state index >= 15 is 0 Å². The van der Waals surface area contributed by atoms with Crippen molar-refractivity contribution in [1.82, 2.24) is 9.97 Å². The van der Waals surface area contributed by atoms with Crippen LogP contribution in [0.3, 0.4) is 0 Å². The van der Waals surface area contributed by atoms with Gasteiger partial charge in [-0.25, -0.2) is 0 Å². The Labute approximate surface area is 112 Å². The molecule has 0 fully saturated rings. The van der Waals surface area contributed by atoms with E-state index in [1.165, 1.54) is 0 Å². The number of hydrogen-bond donors (Lipinski definition) is 1. The number of nitrogens with zero attached hydrogens (tertiary/aromatic N) is 2. The highest BCUT2D eigenvalue weighted by atomic mass is 35.5. The van der Waals surface area contributed by atoms with Crippen LogP contribution >= 0.6 is 12.4 Å². The number of aromatic nitrogens is 2. The van der Waals surface area contributed by atoms with Crippen molar-refractivity contribution in [2.24, 2.45) is 5.73 Å². The zero-order valence-corrected chi connectivity index (χ0v) is 10.6. The number of benzene rings is 1. The molecule has 2 aromatic rings. The first-order valence-corrected chi connectivity index (χ1v) is 5.60. The Kier molecular flexibility index (Phi) is 3.79. The van der Waals surface area contributed by atoms with Gasteiger partial charge in [0.2, 0.25) is 0 Å². The lowest BCUT2D eigenvalue weighted by molar-refractivity contribution is 0.263. The molecule has 0 bridgehead atoms. The van der Waals surface area contributed by atoms with Crippen molar-refractivity contribution in [3.8, 4) is 17.0 Å². The predicted molar refractivity (Wildman–Crippen MR) is 71.9 cm³/mol. The van der Waals surface area contributed by atoms with Crippen LogP contribution in [-0.2, 0) is 6.42 Å². The third kappa shape index (κ3) is 2.44. The molecule has 1 aromatic heterocycles. The quantitative estimate of drug-likeness (QED) is 0.853. The van der Waals surface area contributed by atoms with Crippen LogP contribution in [0.25, 0.3) is 11.3 Å². The highest BCUT2D eigenvalue weighted by molar-refractivity contribution is 5.85. The van der Waals surface area contributed by atoms with Gasteiger partial charge in [0, 0.05) is 24.0 Å². The molecular formula is C13H14ClN3O. The topological polar surface area (TPSA) is 61.0 Å². The molecule has 0 saturated carbocycles. The first-order valence-electron chi connectivity index (χ1n) is 5.60. The van der Waals surface area contributed by atoms with Crippen molar-refractivity contribution < 1.29 is 4.74 Å². The molecule has 18 heavy (non-hydrogen) atoms. The maximum absolute atomic E-state index is 5.89. The Morgan fingerprint density at radius 3 is 2.94 bits per heavy atom. The average molecular weight is 264 g/mol. The molecule has 94 valence electrons. The van der Waals surface area contributed by atoms with E-state index in [9.17, 15) is 0 Å². The van der Waals surface area contributed by atoms with Gasteiger partial charge < -0.3 is 10.5 Å². The maximum Gasteiger partial charge on any atom is 0.122 e. The van der Waals surface area contributed by atoms with E-state index in [1.54, 1.807) is 18.6 Å². The lowest BCUT2D eigenvalue weighted by Gasteiger charge is -2.22. The fourth-order valence-corrected chi connectivity index (χ4v) is 2.03. The van der Waals surface area contributed by atoms with Gasteiger partial charge in [0.05, 0.1) is 11.9 Å². The summed E-state index contributed by atoms with van der Waals surface area (Å²) in [6.45, 7) is 0.595. The van der Waals surface area contributed by atoms with E-state index in [4.69, 9.17) is 10.5 Å². The molecule has 2 N–H and O–H groups in total. The minimum absolute atomic E-state index is 0. The zero-order valence-electron chi connectivity index (χ0n) is 9.74. The molecular weight excluding hydrogens is 250 g/mol. The fraction of sp³-hybridized carbons (Fsp3) is 0.231. The zero-order chi connectivity index (χ0) is 11.7. The van der Waals surface area contributed by atoms with E-state index in [-0.39, 0.29) is 18.4 Å². The smallest absolute Gasteiger partial charge is 0.122 e. The third-order valence-electron chi connectivity index (χ3n) is 2.85. The van der Waals surface area contributed by atoms with E-state index in [0.717, 1.165) is 29.0 Å². The summed E-state index contributed by atoms with van der Waals surface area (Å²) in [7, 11) is 0. The van der Waals surface area contributed by atoms with E-state index in [2.05, 4.69) is 16.0 Å². The van der Waals surface area contributed by atoms with Crippen LogP contribution < -0.4 is 10.5 Å². The lowest BCUT2D eigenvalue weighted by Crippen LogP contribution is -2.33. The number of halogens is 1. The number of rotatable bonds is 1. The number of hydrogen-bond acceptors (Lipinski definition) is 4. The van der Waals surface area contributed by atoms with Crippen molar-refractivity contribution in [1.29, 1.82) is 0 Å². The summed E-state index contributed by atoms with van der Waals surface area (Å²) in [5, 5.41) is 0. The Balaban J connectivity index is 0.00000120. The maximum atomic E-state index is 5.89. The van der Waals surface area contributed by atoms with Gasteiger partial charge in [0.15, 0.2) is 0 Å². The summed E-state index contributed by atoms with van der Waals surface area (Å²) in [6, 6.07) is 6.14. The van der Waals surface area contributed by atoms with Crippen LogP contribution in [0, 0.1) is 0 Å². The second-order valence-corrected chi connectivity index (χ2v) is 4.19. The van der Waals surface area contributed by atoms with Gasteiger partial charge in [-0.3, -0.25) is 9.97 Å². The molecule has 1 atom stereocenters. The molecule has 4 nitrogen and oxygen atoms in total. The SMILES string of the molecule is Cl.NC1COc2ccc(-c3cnccn3)cc2C1. The van der Waals surface area contributed by atoms with E-state index < -0.39 is 0 Å². The Morgan fingerprint density at radius 2 is 2.17 bits per heavy atom. The summed E-state index contributed by atoms with van der Waals surface area (Å²) in [5.41, 5.74) is 8.95. The Bertz CT molecular complexity index is 533. The minimum atomic E-state index is 0. The summed E-state index contributed by atoms with van der Waals surface area (Å²) in [4.78, 5) is 8.35. The molecule has 0 amide bonds. The second-order valence-electron chi connectivity index (χ2n) is 4.19. The Hall–Kier alpha value is -1.65. The van der Waals surface area contributed by atoms with E-state index in [0.29, 0.717) is 6.61 Å². The van der Waals surface area contributed by atoms with E-state index in [1.807, 2.05) is 12.1 Å². The van der Waals surface area contributed by atoms with Gasteiger partial charge in [-0.2, -0.15) is 0 Å². The molecule has 0 spiro atoms. The third-order valence-corrected chi connectivity index (χ3v) is 2.85. The average Bonchev–Trinajstić information content (AvgIpc) is 2.39. The van der Waals surface area contributed by atoms with Gasteiger partial charge >= 0.3 is 0 Å². The molecule has 3 rings (SSSR count). The van der Waals surface area contributed by atoms with Gasteiger partial charge in [0.1, 0.15) is 12.4 Å². The number of ether oxygens (including phenoxy) is 1. The monoisotopic (exact) mass is 263 g/mol. The minimum Gasteiger partial charge on any atom is -0.492 e. The van der Waals surface area contributed by atoms with Gasteiger partial charge in [-0.1, -0.05) is 0 Å². The van der Waals surface area contributed by atoms with Gasteiger partial charge in [-0.15, -0.1) is 12.4 Å². The molecule has 1 aliphatic heterocycles. The molecule has 1 aliphatic rings. The summed E-state index contributed by atoms with van der Waals surface area (Å²) >= 11 is 0. The molecule has 0 aliphatic carbocycles. The van der Waals surface area contributed by atoms with Crippen LogP contribution in [0.2, 0.25) is 0 Å². The molecule has 1 unspecified atom stereocenters. The van der Waals surface area contributed by atoms with Gasteiger partial charge in [0.25, 0.3) is 0 Å². The molecule has 5 heteroatoms. The molecule has 0 radical (unpaired) electrons. The van der Waals surface area contributed by atoms with Crippen LogP contribution in [0.5, 0.6) is 5.75 Å². The Morgan fingerprint density at radius 1 is 1.28 bits per heavy atom. The second kappa shape index (κ2) is 5.33. The predicted octanol–water partition coefficient (Wildman–Crippen LogP) is 1.83. The highest BCUT2D eigenvalue weighted by Crippen LogP contribution is 2.28.